The third kappa shape index (κ3) is 2.96. The van der Waals surface area contributed by atoms with Crippen molar-refractivity contribution >= 4 is 17.2 Å². The minimum absolute atomic E-state index is 0.0223. The van der Waals surface area contributed by atoms with Crippen molar-refractivity contribution in [2.75, 3.05) is 6.54 Å². The number of thiazole rings is 1. The van der Waals surface area contributed by atoms with E-state index in [1.807, 2.05) is 6.07 Å². The lowest BCUT2D eigenvalue weighted by Gasteiger charge is -2.41. The standard InChI is InChI=1S/C14H12F3N3OS/c15-14(16,17)11-4-6-20(11)12(21)7-9-8-22-13(19-9)10-3-1-2-5-18-10/h1-3,5,8,11H,4,6-7H2. The van der Waals surface area contributed by atoms with Crippen LogP contribution in [-0.2, 0) is 11.2 Å². The molecule has 2 aromatic heterocycles. The quantitative estimate of drug-likeness (QED) is 0.871. The highest BCUT2D eigenvalue weighted by Gasteiger charge is 2.50. The maximum Gasteiger partial charge on any atom is 0.408 e. The summed E-state index contributed by atoms with van der Waals surface area (Å²) in [6.45, 7) is 0.153. The number of alkyl halides is 3. The van der Waals surface area contributed by atoms with Crippen LogP contribution in [0.2, 0.25) is 0 Å². The molecule has 22 heavy (non-hydrogen) atoms. The highest BCUT2D eigenvalue weighted by Crippen LogP contribution is 2.34. The first-order chi connectivity index (χ1) is 10.4. The van der Waals surface area contributed by atoms with Crippen molar-refractivity contribution < 1.29 is 18.0 Å². The number of nitrogens with zero attached hydrogens (tertiary/aromatic N) is 3. The van der Waals surface area contributed by atoms with Crippen LogP contribution in [0.25, 0.3) is 10.7 Å². The van der Waals surface area contributed by atoms with E-state index in [1.54, 1.807) is 23.7 Å². The van der Waals surface area contributed by atoms with Crippen LogP contribution >= 0.6 is 11.3 Å². The molecule has 116 valence electrons. The van der Waals surface area contributed by atoms with Gasteiger partial charge in [-0.25, -0.2) is 4.98 Å². The summed E-state index contributed by atoms with van der Waals surface area (Å²) in [6.07, 6.45) is -2.86. The number of hydrogen-bond acceptors (Lipinski definition) is 4. The summed E-state index contributed by atoms with van der Waals surface area (Å²) in [5.41, 5.74) is 1.16. The van der Waals surface area contributed by atoms with E-state index in [0.29, 0.717) is 16.4 Å². The smallest absolute Gasteiger partial charge is 0.330 e. The fraction of sp³-hybridized carbons (Fsp3) is 0.357. The molecule has 3 rings (SSSR count). The first-order valence-corrected chi connectivity index (χ1v) is 7.55. The maximum absolute atomic E-state index is 12.7. The Morgan fingerprint density at radius 2 is 2.23 bits per heavy atom. The largest absolute Gasteiger partial charge is 0.408 e. The van der Waals surface area contributed by atoms with Crippen molar-refractivity contribution in [3.63, 3.8) is 0 Å². The number of carbonyl (C=O) groups excluding carboxylic acids is 1. The average Bonchev–Trinajstić information content (AvgIpc) is 2.84. The van der Waals surface area contributed by atoms with E-state index in [-0.39, 0.29) is 19.4 Å². The number of carbonyl (C=O) groups is 1. The van der Waals surface area contributed by atoms with Gasteiger partial charge in [0.25, 0.3) is 0 Å². The lowest BCUT2D eigenvalue weighted by Crippen LogP contribution is -2.58. The Morgan fingerprint density at radius 3 is 2.82 bits per heavy atom. The molecule has 0 bridgehead atoms. The van der Waals surface area contributed by atoms with Crippen molar-refractivity contribution in [1.82, 2.24) is 14.9 Å². The number of hydrogen-bond donors (Lipinski definition) is 0. The van der Waals surface area contributed by atoms with Gasteiger partial charge in [-0.3, -0.25) is 9.78 Å². The lowest BCUT2D eigenvalue weighted by molar-refractivity contribution is -0.212. The molecular weight excluding hydrogens is 315 g/mol. The number of rotatable bonds is 3. The van der Waals surface area contributed by atoms with Gasteiger partial charge in [-0.2, -0.15) is 13.2 Å². The van der Waals surface area contributed by atoms with Crippen LogP contribution in [0.4, 0.5) is 13.2 Å². The lowest BCUT2D eigenvalue weighted by atomic mass is 10.0. The summed E-state index contributed by atoms with van der Waals surface area (Å²) in [4.78, 5) is 21.3. The number of aromatic nitrogens is 2. The molecule has 1 fully saturated rings. The van der Waals surface area contributed by atoms with Crippen LogP contribution in [0.3, 0.4) is 0 Å². The van der Waals surface area contributed by atoms with Crippen LogP contribution in [0.5, 0.6) is 0 Å². The molecule has 0 radical (unpaired) electrons. The highest BCUT2D eigenvalue weighted by atomic mass is 32.1. The second kappa shape index (κ2) is 5.68. The third-order valence-corrected chi connectivity index (χ3v) is 4.40. The SMILES string of the molecule is O=C(Cc1csc(-c2ccccn2)n1)N1CCC1C(F)(F)F. The summed E-state index contributed by atoms with van der Waals surface area (Å²) in [7, 11) is 0. The van der Waals surface area contributed by atoms with Gasteiger partial charge >= 0.3 is 6.18 Å². The average molecular weight is 327 g/mol. The van der Waals surface area contributed by atoms with Crippen LogP contribution in [0.1, 0.15) is 12.1 Å². The highest BCUT2D eigenvalue weighted by molar-refractivity contribution is 7.13. The first kappa shape index (κ1) is 15.0. The fourth-order valence-electron chi connectivity index (χ4n) is 2.28. The molecular formula is C14H12F3N3OS. The molecule has 1 aliphatic heterocycles. The maximum atomic E-state index is 12.7. The summed E-state index contributed by atoms with van der Waals surface area (Å²) in [6, 6.07) is 3.75. The van der Waals surface area contributed by atoms with Crippen molar-refractivity contribution in [3.8, 4) is 10.7 Å². The van der Waals surface area contributed by atoms with E-state index >= 15 is 0 Å². The van der Waals surface area contributed by atoms with Crippen molar-refractivity contribution in [1.29, 1.82) is 0 Å². The van der Waals surface area contributed by atoms with Gasteiger partial charge in [0.15, 0.2) is 0 Å². The van der Waals surface area contributed by atoms with Crippen molar-refractivity contribution in [2.24, 2.45) is 0 Å². The van der Waals surface area contributed by atoms with Crippen LogP contribution in [0, 0.1) is 0 Å². The Bertz CT molecular complexity index is 671. The van der Waals surface area contributed by atoms with Gasteiger partial charge in [0.1, 0.15) is 11.0 Å². The molecule has 0 aliphatic carbocycles. The predicted octanol–water partition coefficient (Wildman–Crippen LogP) is 2.91. The van der Waals surface area contributed by atoms with Gasteiger partial charge in [0, 0.05) is 18.1 Å². The van der Waals surface area contributed by atoms with Gasteiger partial charge in [-0.15, -0.1) is 11.3 Å². The summed E-state index contributed by atoms with van der Waals surface area (Å²) < 4.78 is 38.0. The number of amides is 1. The van der Waals surface area contributed by atoms with E-state index in [0.717, 1.165) is 4.90 Å². The Kier molecular flexibility index (Phi) is 3.86. The van der Waals surface area contributed by atoms with E-state index in [9.17, 15) is 18.0 Å². The molecule has 4 nitrogen and oxygen atoms in total. The molecule has 1 atom stereocenters. The number of likely N-dealkylation sites (tertiary alicyclic amines) is 1. The van der Waals surface area contributed by atoms with E-state index in [4.69, 9.17) is 0 Å². The zero-order valence-corrected chi connectivity index (χ0v) is 12.2. The van der Waals surface area contributed by atoms with Gasteiger partial charge < -0.3 is 4.90 Å². The van der Waals surface area contributed by atoms with Crippen LogP contribution < -0.4 is 0 Å². The van der Waals surface area contributed by atoms with E-state index in [2.05, 4.69) is 9.97 Å². The minimum atomic E-state index is -4.35. The Labute approximate surface area is 128 Å². The molecule has 2 aromatic rings. The monoisotopic (exact) mass is 327 g/mol. The summed E-state index contributed by atoms with van der Waals surface area (Å²) in [5.74, 6) is -0.536. The molecule has 0 saturated carbocycles. The molecule has 1 amide bonds. The molecule has 1 saturated heterocycles. The second-order valence-corrected chi connectivity index (χ2v) is 5.83. The van der Waals surface area contributed by atoms with E-state index < -0.39 is 18.1 Å². The zero-order valence-electron chi connectivity index (χ0n) is 11.4. The number of halogens is 3. The molecule has 0 aromatic carbocycles. The Morgan fingerprint density at radius 1 is 1.41 bits per heavy atom. The first-order valence-electron chi connectivity index (χ1n) is 6.67. The number of pyridine rings is 1. The fourth-order valence-corrected chi connectivity index (χ4v) is 3.07. The van der Waals surface area contributed by atoms with Gasteiger partial charge in [-0.05, 0) is 18.6 Å². The summed E-state index contributed by atoms with van der Waals surface area (Å²) >= 11 is 1.32. The van der Waals surface area contributed by atoms with E-state index in [1.165, 1.54) is 11.3 Å². The molecule has 8 heteroatoms. The Hall–Kier alpha value is -1.96. The van der Waals surface area contributed by atoms with Crippen LogP contribution in [-0.4, -0.2) is 39.5 Å². The zero-order chi connectivity index (χ0) is 15.7. The molecule has 0 N–H and O–H groups in total. The minimum Gasteiger partial charge on any atom is -0.330 e. The molecule has 0 spiro atoms. The predicted molar refractivity (Wildman–Crippen MR) is 75.2 cm³/mol. The summed E-state index contributed by atoms with van der Waals surface area (Å²) in [5, 5.41) is 2.34. The normalized spacial score (nSPS) is 18.1. The molecule has 1 aliphatic rings. The molecule has 1 unspecified atom stereocenters. The van der Waals surface area contributed by atoms with Crippen LogP contribution in [0.15, 0.2) is 29.8 Å². The van der Waals surface area contributed by atoms with Crippen molar-refractivity contribution in [3.05, 3.63) is 35.5 Å². The third-order valence-electron chi connectivity index (χ3n) is 3.49. The van der Waals surface area contributed by atoms with Gasteiger partial charge in [0.2, 0.25) is 5.91 Å². The molecule has 3 heterocycles. The topological polar surface area (TPSA) is 46.1 Å². The Balaban J connectivity index is 1.67. The van der Waals surface area contributed by atoms with Gasteiger partial charge in [-0.1, -0.05) is 6.07 Å². The second-order valence-electron chi connectivity index (χ2n) is 4.97. The van der Waals surface area contributed by atoms with Gasteiger partial charge in [0.05, 0.1) is 17.8 Å². The van der Waals surface area contributed by atoms with Crippen molar-refractivity contribution in [2.45, 2.75) is 25.1 Å².